The van der Waals surface area contributed by atoms with Gasteiger partial charge < -0.3 is 5.11 Å². The number of rotatable bonds is 4. The fourth-order valence-corrected chi connectivity index (χ4v) is 1.22. The third kappa shape index (κ3) is 4.13. The Morgan fingerprint density at radius 3 is 2.36 bits per heavy atom. The number of hydrogen-bond acceptors (Lipinski definition) is 1. The van der Waals surface area contributed by atoms with E-state index in [1.54, 1.807) is 12.1 Å². The van der Waals surface area contributed by atoms with E-state index in [1.165, 1.54) is 5.56 Å². The zero-order valence-electron chi connectivity index (χ0n) is 8.90. The highest BCUT2D eigenvalue weighted by molar-refractivity contribution is 5.27. The standard InChI is InChI=1S/C13H18O/c1-11(2)5-3-4-6-12-7-9-13(14)10-8-12/h3-4,7-11,14H,5-6H2,1-2H3. The van der Waals surface area contributed by atoms with Crippen molar-refractivity contribution in [3.63, 3.8) is 0 Å². The molecule has 14 heavy (non-hydrogen) atoms. The first kappa shape index (κ1) is 10.8. The van der Waals surface area contributed by atoms with E-state index < -0.39 is 0 Å². The lowest BCUT2D eigenvalue weighted by molar-refractivity contribution is 0.475. The molecule has 1 N–H and O–H groups in total. The Hall–Kier alpha value is -1.24. The molecule has 0 aliphatic rings. The van der Waals surface area contributed by atoms with Crippen LogP contribution in [0.15, 0.2) is 36.4 Å². The van der Waals surface area contributed by atoms with Crippen LogP contribution in [0, 0.1) is 5.92 Å². The van der Waals surface area contributed by atoms with Gasteiger partial charge in [-0.25, -0.2) is 0 Å². The largest absolute Gasteiger partial charge is 0.508 e. The van der Waals surface area contributed by atoms with Gasteiger partial charge in [-0.15, -0.1) is 0 Å². The summed E-state index contributed by atoms with van der Waals surface area (Å²) in [5.74, 6) is 1.06. The first-order valence-electron chi connectivity index (χ1n) is 5.11. The molecular formula is C13H18O. The van der Waals surface area contributed by atoms with Gasteiger partial charge in [0, 0.05) is 0 Å². The van der Waals surface area contributed by atoms with Gasteiger partial charge in [0.1, 0.15) is 5.75 Å². The second kappa shape index (κ2) is 5.48. The van der Waals surface area contributed by atoms with Crippen molar-refractivity contribution in [2.24, 2.45) is 5.92 Å². The minimum Gasteiger partial charge on any atom is -0.508 e. The van der Waals surface area contributed by atoms with Gasteiger partial charge in [-0.3, -0.25) is 0 Å². The molecule has 1 heteroatoms. The number of benzene rings is 1. The molecule has 1 rings (SSSR count). The van der Waals surface area contributed by atoms with Crippen LogP contribution in [0.4, 0.5) is 0 Å². The Balaban J connectivity index is 2.38. The first-order valence-corrected chi connectivity index (χ1v) is 5.11. The number of hydrogen-bond donors (Lipinski definition) is 1. The highest BCUT2D eigenvalue weighted by atomic mass is 16.3. The molecule has 0 aliphatic heterocycles. The molecule has 1 aromatic carbocycles. The molecule has 0 atom stereocenters. The molecule has 0 amide bonds. The van der Waals surface area contributed by atoms with Gasteiger partial charge in [-0.1, -0.05) is 38.1 Å². The summed E-state index contributed by atoms with van der Waals surface area (Å²) in [7, 11) is 0. The summed E-state index contributed by atoms with van der Waals surface area (Å²) < 4.78 is 0. The zero-order chi connectivity index (χ0) is 10.4. The Bertz CT molecular complexity index is 283. The second-order valence-corrected chi connectivity index (χ2v) is 3.97. The number of phenols is 1. The quantitative estimate of drug-likeness (QED) is 0.720. The lowest BCUT2D eigenvalue weighted by Gasteiger charge is -1.98. The van der Waals surface area contributed by atoms with Gasteiger partial charge in [0.25, 0.3) is 0 Å². The maximum atomic E-state index is 9.08. The summed E-state index contributed by atoms with van der Waals surface area (Å²) in [6.07, 6.45) is 6.50. The molecular weight excluding hydrogens is 172 g/mol. The average molecular weight is 190 g/mol. The molecule has 0 saturated heterocycles. The lowest BCUT2D eigenvalue weighted by atomic mass is 10.1. The van der Waals surface area contributed by atoms with Crippen LogP contribution in [-0.2, 0) is 6.42 Å². The Labute approximate surface area is 86.1 Å². The van der Waals surface area contributed by atoms with Crippen LogP contribution in [0.3, 0.4) is 0 Å². The highest BCUT2D eigenvalue weighted by Gasteiger charge is 1.90. The van der Waals surface area contributed by atoms with Crippen LogP contribution in [0.1, 0.15) is 25.8 Å². The number of allylic oxidation sites excluding steroid dienone is 2. The van der Waals surface area contributed by atoms with Crippen LogP contribution in [0.5, 0.6) is 5.75 Å². The topological polar surface area (TPSA) is 20.2 Å². The smallest absolute Gasteiger partial charge is 0.115 e. The van der Waals surface area contributed by atoms with Gasteiger partial charge in [0.05, 0.1) is 0 Å². The van der Waals surface area contributed by atoms with Crippen molar-refractivity contribution in [3.05, 3.63) is 42.0 Å². The molecule has 0 fully saturated rings. The van der Waals surface area contributed by atoms with Crippen molar-refractivity contribution in [1.82, 2.24) is 0 Å². The van der Waals surface area contributed by atoms with E-state index in [4.69, 9.17) is 5.11 Å². The maximum Gasteiger partial charge on any atom is 0.115 e. The number of phenolic OH excluding ortho intramolecular Hbond substituents is 1. The van der Waals surface area contributed by atoms with Crippen LogP contribution in [-0.4, -0.2) is 5.11 Å². The van der Waals surface area contributed by atoms with E-state index in [2.05, 4.69) is 26.0 Å². The maximum absolute atomic E-state index is 9.08. The Morgan fingerprint density at radius 1 is 1.14 bits per heavy atom. The van der Waals surface area contributed by atoms with E-state index in [1.807, 2.05) is 12.1 Å². The summed E-state index contributed by atoms with van der Waals surface area (Å²) in [5.41, 5.74) is 1.24. The normalized spacial score (nSPS) is 11.4. The summed E-state index contributed by atoms with van der Waals surface area (Å²) in [6.45, 7) is 4.43. The van der Waals surface area contributed by atoms with Crippen LogP contribution >= 0.6 is 0 Å². The minimum atomic E-state index is 0.333. The Morgan fingerprint density at radius 2 is 1.79 bits per heavy atom. The van der Waals surface area contributed by atoms with Crippen molar-refractivity contribution >= 4 is 0 Å². The van der Waals surface area contributed by atoms with Gasteiger partial charge in [0.2, 0.25) is 0 Å². The van der Waals surface area contributed by atoms with Gasteiger partial charge in [-0.2, -0.15) is 0 Å². The van der Waals surface area contributed by atoms with E-state index in [0.717, 1.165) is 18.8 Å². The summed E-state index contributed by atoms with van der Waals surface area (Å²) in [5, 5.41) is 9.08. The molecule has 0 bridgehead atoms. The third-order valence-electron chi connectivity index (χ3n) is 2.06. The minimum absolute atomic E-state index is 0.333. The summed E-state index contributed by atoms with van der Waals surface area (Å²) >= 11 is 0. The molecule has 0 heterocycles. The van der Waals surface area contributed by atoms with Crippen LogP contribution < -0.4 is 0 Å². The van der Waals surface area contributed by atoms with E-state index in [-0.39, 0.29) is 0 Å². The molecule has 0 saturated carbocycles. The van der Waals surface area contributed by atoms with Crippen LogP contribution in [0.25, 0.3) is 0 Å². The van der Waals surface area contributed by atoms with E-state index in [0.29, 0.717) is 5.75 Å². The SMILES string of the molecule is CC(C)CC=CCc1ccc(O)cc1. The molecule has 1 nitrogen and oxygen atoms in total. The van der Waals surface area contributed by atoms with Crippen molar-refractivity contribution < 1.29 is 5.11 Å². The molecule has 0 spiro atoms. The summed E-state index contributed by atoms with van der Waals surface area (Å²) in [6, 6.07) is 7.36. The fraction of sp³-hybridized carbons (Fsp3) is 0.385. The van der Waals surface area contributed by atoms with Crippen molar-refractivity contribution in [3.8, 4) is 5.75 Å². The Kier molecular flexibility index (Phi) is 4.24. The highest BCUT2D eigenvalue weighted by Crippen LogP contribution is 2.10. The monoisotopic (exact) mass is 190 g/mol. The van der Waals surface area contributed by atoms with Gasteiger partial charge in [0.15, 0.2) is 0 Å². The molecule has 0 aromatic heterocycles. The molecule has 1 aromatic rings. The second-order valence-electron chi connectivity index (χ2n) is 3.97. The van der Waals surface area contributed by atoms with Gasteiger partial charge >= 0.3 is 0 Å². The van der Waals surface area contributed by atoms with E-state index >= 15 is 0 Å². The first-order chi connectivity index (χ1) is 6.68. The number of aromatic hydroxyl groups is 1. The third-order valence-corrected chi connectivity index (χ3v) is 2.06. The molecule has 0 radical (unpaired) electrons. The zero-order valence-corrected chi connectivity index (χ0v) is 8.90. The molecule has 0 unspecified atom stereocenters. The van der Waals surface area contributed by atoms with Gasteiger partial charge in [-0.05, 0) is 36.5 Å². The summed E-state index contributed by atoms with van der Waals surface area (Å²) in [4.78, 5) is 0. The van der Waals surface area contributed by atoms with Crippen LogP contribution in [0.2, 0.25) is 0 Å². The average Bonchev–Trinajstić information content (AvgIpc) is 2.15. The molecule has 76 valence electrons. The van der Waals surface area contributed by atoms with Crippen molar-refractivity contribution in [2.75, 3.05) is 0 Å². The lowest BCUT2D eigenvalue weighted by Crippen LogP contribution is -1.83. The molecule has 0 aliphatic carbocycles. The van der Waals surface area contributed by atoms with Crippen molar-refractivity contribution in [2.45, 2.75) is 26.7 Å². The van der Waals surface area contributed by atoms with E-state index in [9.17, 15) is 0 Å². The van der Waals surface area contributed by atoms with Crippen molar-refractivity contribution in [1.29, 1.82) is 0 Å². The predicted molar refractivity (Wildman–Crippen MR) is 60.4 cm³/mol. The predicted octanol–water partition coefficient (Wildman–Crippen LogP) is 3.54. The fourth-order valence-electron chi connectivity index (χ4n) is 1.22.